The topological polar surface area (TPSA) is 152 Å². The highest BCUT2D eigenvalue weighted by Crippen LogP contribution is 2.30. The summed E-state index contributed by atoms with van der Waals surface area (Å²) in [6, 6.07) is 4.99. The number of rotatable bonds is 10. The van der Waals surface area contributed by atoms with Crippen molar-refractivity contribution in [3.63, 3.8) is 0 Å². The van der Waals surface area contributed by atoms with E-state index in [4.69, 9.17) is 9.26 Å². The van der Waals surface area contributed by atoms with Crippen molar-refractivity contribution in [2.24, 2.45) is 0 Å². The summed E-state index contributed by atoms with van der Waals surface area (Å²) in [6.45, 7) is 12.5. The maximum Gasteiger partial charge on any atom is 0.223 e. The molecule has 0 saturated carbocycles. The highest BCUT2D eigenvalue weighted by atomic mass is 32.2. The molecule has 3 atom stereocenters. The molecule has 4 aromatic rings. The van der Waals surface area contributed by atoms with Gasteiger partial charge in [-0.25, -0.2) is 23.4 Å². The van der Waals surface area contributed by atoms with Crippen LogP contribution in [0.1, 0.15) is 74.5 Å². The molecule has 38 heavy (non-hydrogen) atoms. The second-order valence-electron chi connectivity index (χ2n) is 9.56. The van der Waals surface area contributed by atoms with Gasteiger partial charge in [0.15, 0.2) is 27.3 Å². The van der Waals surface area contributed by atoms with E-state index in [1.54, 1.807) is 36.9 Å². The van der Waals surface area contributed by atoms with Gasteiger partial charge in [-0.05, 0) is 59.2 Å². The largest absolute Gasteiger partial charge is 0.366 e. The van der Waals surface area contributed by atoms with Crippen LogP contribution in [0.15, 0.2) is 35.1 Å². The van der Waals surface area contributed by atoms with E-state index in [2.05, 4.69) is 35.3 Å². The van der Waals surface area contributed by atoms with Crippen molar-refractivity contribution in [2.45, 2.75) is 77.7 Å². The van der Waals surface area contributed by atoms with Crippen LogP contribution in [0.2, 0.25) is 0 Å². The molecular formula is C25H32N8O4S. The Bertz CT molecular complexity index is 1500. The second kappa shape index (κ2) is 11.0. The van der Waals surface area contributed by atoms with Crippen molar-refractivity contribution in [2.75, 3.05) is 0 Å². The summed E-state index contributed by atoms with van der Waals surface area (Å²) in [5, 5.41) is 11.7. The van der Waals surface area contributed by atoms with E-state index in [1.807, 2.05) is 46.8 Å². The molecule has 4 heterocycles. The number of ether oxygens (including phenoxy) is 1. The first-order valence-electron chi connectivity index (χ1n) is 12.3. The fraction of sp³-hybridized carbons (Fsp3) is 0.480. The predicted molar refractivity (Wildman–Crippen MR) is 139 cm³/mol. The Morgan fingerprint density at radius 1 is 0.974 bits per heavy atom. The lowest BCUT2D eigenvalue weighted by Gasteiger charge is -2.25. The molecule has 0 fully saturated rings. The van der Waals surface area contributed by atoms with Crippen molar-refractivity contribution in [3.05, 3.63) is 65.2 Å². The van der Waals surface area contributed by atoms with Gasteiger partial charge in [-0.3, -0.25) is 4.57 Å². The van der Waals surface area contributed by atoms with Gasteiger partial charge in [-0.2, -0.15) is 4.98 Å². The molecule has 202 valence electrons. The first-order valence-corrected chi connectivity index (χ1v) is 14.0. The number of aromatic nitrogens is 8. The average Bonchev–Trinajstić information content (AvgIpc) is 3.48. The van der Waals surface area contributed by atoms with E-state index in [0.29, 0.717) is 29.1 Å². The van der Waals surface area contributed by atoms with Gasteiger partial charge in [0.05, 0.1) is 17.4 Å². The first kappa shape index (κ1) is 27.5. The Kier molecular flexibility index (Phi) is 7.97. The molecule has 0 aliphatic rings. The van der Waals surface area contributed by atoms with Crippen LogP contribution in [0, 0.1) is 20.8 Å². The summed E-state index contributed by atoms with van der Waals surface area (Å²) in [4.78, 5) is 17.6. The van der Waals surface area contributed by atoms with Crippen molar-refractivity contribution in [1.29, 1.82) is 0 Å². The summed E-state index contributed by atoms with van der Waals surface area (Å²) in [5.41, 5.74) is 2.20. The summed E-state index contributed by atoms with van der Waals surface area (Å²) in [7, 11) is -3.84. The first-order chi connectivity index (χ1) is 18.0. The number of hydrogen-bond donors (Lipinski definition) is 0. The summed E-state index contributed by atoms with van der Waals surface area (Å²) in [5.74, 6) is 1.29. The van der Waals surface area contributed by atoms with Crippen molar-refractivity contribution in [3.8, 4) is 11.5 Å². The van der Waals surface area contributed by atoms with Gasteiger partial charge < -0.3 is 9.26 Å². The molecule has 0 N–H and O–H groups in total. The maximum atomic E-state index is 13.8. The minimum absolute atomic E-state index is 0.221. The fourth-order valence-electron chi connectivity index (χ4n) is 4.00. The molecule has 0 unspecified atom stereocenters. The van der Waals surface area contributed by atoms with E-state index in [9.17, 15) is 8.42 Å². The fourth-order valence-corrected chi connectivity index (χ4v) is 5.38. The van der Waals surface area contributed by atoms with Crippen molar-refractivity contribution < 1.29 is 17.7 Å². The monoisotopic (exact) mass is 540 g/mol. The Morgan fingerprint density at radius 2 is 1.68 bits per heavy atom. The quantitative estimate of drug-likeness (QED) is 0.290. The number of nitrogens with zero attached hydrogens (tertiary/aromatic N) is 8. The lowest BCUT2D eigenvalue weighted by atomic mass is 10.2. The molecule has 0 radical (unpaired) electrons. The molecule has 4 rings (SSSR count). The number of sulfone groups is 1. The molecular weight excluding hydrogens is 508 g/mol. The zero-order valence-electron chi connectivity index (χ0n) is 22.5. The zero-order chi connectivity index (χ0) is 27.6. The molecule has 0 saturated heterocycles. The van der Waals surface area contributed by atoms with E-state index >= 15 is 0 Å². The Hall–Kier alpha value is -3.58. The molecule has 12 nitrogen and oxygen atoms in total. The summed E-state index contributed by atoms with van der Waals surface area (Å²) >= 11 is 0. The van der Waals surface area contributed by atoms with Crippen LogP contribution in [0.25, 0.3) is 11.5 Å². The molecule has 0 aliphatic heterocycles. The zero-order valence-corrected chi connectivity index (χ0v) is 23.3. The average molecular weight is 541 g/mol. The molecule has 0 aromatic carbocycles. The van der Waals surface area contributed by atoms with E-state index < -0.39 is 33.0 Å². The number of pyridine rings is 1. The highest BCUT2D eigenvalue weighted by molar-refractivity contribution is 7.91. The molecule has 13 heteroatoms. The Balaban J connectivity index is 1.75. The van der Waals surface area contributed by atoms with Crippen LogP contribution in [0.3, 0.4) is 0 Å². The van der Waals surface area contributed by atoms with Crippen LogP contribution < -0.4 is 0 Å². The number of aryl methyl sites for hydroxylation is 3. The Morgan fingerprint density at radius 3 is 2.29 bits per heavy atom. The third-order valence-electron chi connectivity index (χ3n) is 5.99. The van der Waals surface area contributed by atoms with E-state index in [1.165, 1.54) is 0 Å². The maximum absolute atomic E-state index is 13.8. The van der Waals surface area contributed by atoms with Crippen LogP contribution in [0.4, 0.5) is 0 Å². The smallest absolute Gasteiger partial charge is 0.223 e. The molecule has 0 spiro atoms. The Labute approximate surface area is 221 Å². The van der Waals surface area contributed by atoms with Gasteiger partial charge in [-0.1, -0.05) is 11.2 Å². The van der Waals surface area contributed by atoms with Crippen molar-refractivity contribution >= 4 is 9.84 Å². The van der Waals surface area contributed by atoms with Crippen LogP contribution in [-0.2, 0) is 20.3 Å². The molecule has 4 aromatic heterocycles. The molecule has 0 bridgehead atoms. The molecule has 0 aliphatic carbocycles. The summed E-state index contributed by atoms with van der Waals surface area (Å²) in [6.07, 6.45) is 2.17. The van der Waals surface area contributed by atoms with Gasteiger partial charge in [0, 0.05) is 25.0 Å². The van der Waals surface area contributed by atoms with Gasteiger partial charge in [0.25, 0.3) is 0 Å². The van der Waals surface area contributed by atoms with Gasteiger partial charge >= 0.3 is 0 Å². The third kappa shape index (κ3) is 5.94. The summed E-state index contributed by atoms with van der Waals surface area (Å²) < 4.78 is 40.5. The lowest BCUT2D eigenvalue weighted by molar-refractivity contribution is 0.00140. The van der Waals surface area contributed by atoms with Crippen LogP contribution >= 0.6 is 0 Å². The van der Waals surface area contributed by atoms with Gasteiger partial charge in [-0.15, -0.1) is 10.2 Å². The predicted octanol–water partition coefficient (Wildman–Crippen LogP) is 3.52. The lowest BCUT2D eigenvalue weighted by Crippen LogP contribution is -2.32. The van der Waals surface area contributed by atoms with Crippen LogP contribution in [0.5, 0.6) is 0 Å². The SMILES string of the molecule is Cc1cnc([C@H](OC(C)C)[C@H](C)S(=O)(=O)Cc2nnc(-c3cccc(C)n3)n2[C@H](C)c2noc(C)n2)nc1. The normalized spacial score (nSPS) is 14.5. The minimum Gasteiger partial charge on any atom is -0.366 e. The van der Waals surface area contributed by atoms with Gasteiger partial charge in [0.2, 0.25) is 5.89 Å². The van der Waals surface area contributed by atoms with Gasteiger partial charge in [0.1, 0.15) is 23.4 Å². The third-order valence-corrected chi connectivity index (χ3v) is 8.03. The van der Waals surface area contributed by atoms with Crippen molar-refractivity contribution in [1.82, 2.24) is 39.9 Å². The molecule has 0 amide bonds. The van der Waals surface area contributed by atoms with Crippen LogP contribution in [-0.4, -0.2) is 59.6 Å². The van der Waals surface area contributed by atoms with E-state index in [-0.39, 0.29) is 11.9 Å². The second-order valence-corrected chi connectivity index (χ2v) is 11.9. The van der Waals surface area contributed by atoms with E-state index in [0.717, 1.165) is 11.3 Å². The standard InChI is InChI=1S/C25H32N8O4S/c1-14(2)36-22(24-26-11-15(3)12-27-24)18(6)38(34,35)13-21-30-31-25(20-10-8-9-16(4)28-20)33(21)17(5)23-29-19(7)37-32-23/h8-12,14,17-18,22H,13H2,1-7H3/t17-,18+,22-/m1/s1. The minimum atomic E-state index is -3.84. The highest BCUT2D eigenvalue weighted by Gasteiger charge is 2.36. The number of hydrogen-bond acceptors (Lipinski definition) is 11.